The van der Waals surface area contributed by atoms with E-state index in [1.54, 1.807) is 16.5 Å². The maximum atomic E-state index is 12.4. The van der Waals surface area contributed by atoms with Gasteiger partial charge in [0.05, 0.1) is 5.75 Å². The highest BCUT2D eigenvalue weighted by molar-refractivity contribution is 7.99. The van der Waals surface area contributed by atoms with E-state index in [1.165, 1.54) is 23.4 Å². The van der Waals surface area contributed by atoms with Crippen LogP contribution in [0.15, 0.2) is 14.7 Å². The predicted molar refractivity (Wildman–Crippen MR) is 94.5 cm³/mol. The van der Waals surface area contributed by atoms with Crippen LogP contribution in [-0.2, 0) is 25.4 Å². The van der Waals surface area contributed by atoms with E-state index in [0.717, 1.165) is 4.57 Å². The van der Waals surface area contributed by atoms with E-state index in [2.05, 4.69) is 4.98 Å². The summed E-state index contributed by atoms with van der Waals surface area (Å²) in [6.07, 6.45) is 0. The molecular formula is C15H23N5O3S. The largest absolute Gasteiger partial charge is 0.343 e. The molecule has 0 fully saturated rings. The van der Waals surface area contributed by atoms with Crippen LogP contribution in [0, 0.1) is 0 Å². The van der Waals surface area contributed by atoms with Crippen molar-refractivity contribution in [3.05, 3.63) is 20.8 Å². The zero-order valence-corrected chi connectivity index (χ0v) is 15.5. The molecule has 0 N–H and O–H groups in total. The summed E-state index contributed by atoms with van der Waals surface area (Å²) in [6.45, 7) is 7.64. The van der Waals surface area contributed by atoms with Gasteiger partial charge in [0.1, 0.15) is 0 Å². The number of aromatic nitrogens is 4. The van der Waals surface area contributed by atoms with Gasteiger partial charge in [0, 0.05) is 33.7 Å². The molecule has 2 heterocycles. The number of nitrogens with zero attached hydrogens (tertiary/aromatic N) is 5. The van der Waals surface area contributed by atoms with E-state index in [4.69, 9.17) is 0 Å². The van der Waals surface area contributed by atoms with Gasteiger partial charge in [-0.25, -0.2) is 9.78 Å². The first-order valence-electron chi connectivity index (χ1n) is 7.94. The molecule has 2 aromatic rings. The minimum absolute atomic E-state index is 0.0292. The van der Waals surface area contributed by atoms with Crippen molar-refractivity contribution in [3.8, 4) is 0 Å². The smallest absolute Gasteiger partial charge is 0.332 e. The average molecular weight is 353 g/mol. The van der Waals surface area contributed by atoms with Crippen molar-refractivity contribution in [2.24, 2.45) is 14.1 Å². The zero-order chi connectivity index (χ0) is 18.0. The van der Waals surface area contributed by atoms with E-state index >= 15 is 0 Å². The van der Waals surface area contributed by atoms with Crippen LogP contribution in [0.3, 0.4) is 0 Å². The number of carbonyl (C=O) groups excluding carboxylic acids is 1. The van der Waals surface area contributed by atoms with E-state index in [-0.39, 0.29) is 17.2 Å². The first-order chi connectivity index (χ1) is 11.4. The van der Waals surface area contributed by atoms with Gasteiger partial charge in [-0.3, -0.25) is 18.7 Å². The van der Waals surface area contributed by atoms with E-state index in [1.807, 2.05) is 20.8 Å². The molecule has 0 aromatic carbocycles. The lowest BCUT2D eigenvalue weighted by Crippen LogP contribution is -2.37. The Kier molecular flexibility index (Phi) is 5.53. The monoisotopic (exact) mass is 353 g/mol. The quantitative estimate of drug-likeness (QED) is 0.703. The van der Waals surface area contributed by atoms with Crippen molar-refractivity contribution in [3.63, 3.8) is 0 Å². The lowest BCUT2D eigenvalue weighted by atomic mass is 10.5. The van der Waals surface area contributed by atoms with Crippen LogP contribution in [0.2, 0.25) is 0 Å². The molecule has 0 spiro atoms. The molecular weight excluding hydrogens is 330 g/mol. The molecule has 8 nitrogen and oxygen atoms in total. The van der Waals surface area contributed by atoms with Gasteiger partial charge in [-0.15, -0.1) is 0 Å². The fourth-order valence-electron chi connectivity index (χ4n) is 2.62. The molecule has 0 aliphatic rings. The maximum Gasteiger partial charge on any atom is 0.332 e. The number of imidazole rings is 1. The van der Waals surface area contributed by atoms with Gasteiger partial charge in [-0.1, -0.05) is 11.8 Å². The molecule has 0 aliphatic heterocycles. The molecule has 0 aliphatic carbocycles. The molecule has 132 valence electrons. The fraction of sp³-hybridized carbons (Fsp3) is 0.600. The minimum atomic E-state index is -0.413. The Hall–Kier alpha value is -2.03. The van der Waals surface area contributed by atoms with Gasteiger partial charge in [0.2, 0.25) is 5.91 Å². The van der Waals surface area contributed by atoms with Crippen LogP contribution in [0.25, 0.3) is 11.2 Å². The summed E-state index contributed by atoms with van der Waals surface area (Å²) in [5.41, 5.74) is -0.0454. The number of amides is 1. The van der Waals surface area contributed by atoms with Crippen LogP contribution in [0.1, 0.15) is 20.8 Å². The van der Waals surface area contributed by atoms with Gasteiger partial charge in [-0.2, -0.15) is 0 Å². The Morgan fingerprint density at radius 3 is 2.29 bits per heavy atom. The van der Waals surface area contributed by atoms with Crippen molar-refractivity contribution >= 4 is 28.8 Å². The lowest BCUT2D eigenvalue weighted by Gasteiger charge is -2.18. The molecule has 0 bridgehead atoms. The van der Waals surface area contributed by atoms with Crippen LogP contribution in [0.5, 0.6) is 0 Å². The highest BCUT2D eigenvalue weighted by atomic mass is 32.2. The Morgan fingerprint density at radius 1 is 1.12 bits per heavy atom. The van der Waals surface area contributed by atoms with E-state index in [0.29, 0.717) is 36.0 Å². The van der Waals surface area contributed by atoms with Crippen LogP contribution >= 0.6 is 11.8 Å². The lowest BCUT2D eigenvalue weighted by molar-refractivity contribution is -0.127. The molecule has 2 rings (SSSR count). The normalized spacial score (nSPS) is 11.2. The fourth-order valence-corrected chi connectivity index (χ4v) is 3.59. The standard InChI is InChI=1S/C15H23N5O3S/c1-6-19(7-2)10(21)9-24-14-16-12-11(20(14)8-3)13(22)18(5)15(23)17(12)4/h6-9H2,1-5H3. The molecule has 1 amide bonds. The molecule has 0 unspecified atom stereocenters. The van der Waals surface area contributed by atoms with Crippen molar-refractivity contribution < 1.29 is 4.79 Å². The summed E-state index contributed by atoms with van der Waals surface area (Å²) in [4.78, 5) is 42.9. The Balaban J connectivity index is 2.47. The second-order valence-electron chi connectivity index (χ2n) is 5.37. The Labute approximate surface area is 144 Å². The van der Waals surface area contributed by atoms with Crippen LogP contribution < -0.4 is 11.2 Å². The molecule has 0 saturated heterocycles. The second-order valence-corrected chi connectivity index (χ2v) is 6.31. The molecule has 9 heteroatoms. The van der Waals surface area contributed by atoms with Gasteiger partial charge >= 0.3 is 5.69 Å². The van der Waals surface area contributed by atoms with Crippen molar-refractivity contribution in [1.29, 1.82) is 0 Å². The van der Waals surface area contributed by atoms with Crippen LogP contribution in [0.4, 0.5) is 0 Å². The highest BCUT2D eigenvalue weighted by Crippen LogP contribution is 2.21. The predicted octanol–water partition coefficient (Wildman–Crippen LogP) is 0.414. The van der Waals surface area contributed by atoms with Gasteiger partial charge in [0.25, 0.3) is 5.56 Å². The molecule has 0 atom stereocenters. The van der Waals surface area contributed by atoms with Crippen molar-refractivity contribution in [2.45, 2.75) is 32.5 Å². The third-order valence-electron chi connectivity index (χ3n) is 4.07. The molecule has 2 aromatic heterocycles. The van der Waals surface area contributed by atoms with Crippen molar-refractivity contribution in [1.82, 2.24) is 23.6 Å². The third kappa shape index (κ3) is 3.00. The second kappa shape index (κ2) is 7.25. The minimum Gasteiger partial charge on any atom is -0.343 e. The summed E-state index contributed by atoms with van der Waals surface area (Å²) in [6, 6.07) is 0. The van der Waals surface area contributed by atoms with Gasteiger partial charge in [0.15, 0.2) is 16.3 Å². The van der Waals surface area contributed by atoms with Gasteiger partial charge in [-0.05, 0) is 20.8 Å². The summed E-state index contributed by atoms with van der Waals surface area (Å²) in [7, 11) is 3.04. The number of fused-ring (bicyclic) bond motifs is 1. The molecule has 0 saturated carbocycles. The number of aryl methyl sites for hydroxylation is 2. The summed E-state index contributed by atoms with van der Waals surface area (Å²) in [5.74, 6) is 0.278. The van der Waals surface area contributed by atoms with Crippen molar-refractivity contribution in [2.75, 3.05) is 18.8 Å². The number of hydrogen-bond acceptors (Lipinski definition) is 5. The van der Waals surface area contributed by atoms with Gasteiger partial charge < -0.3 is 9.47 Å². The number of rotatable bonds is 6. The summed E-state index contributed by atoms with van der Waals surface area (Å²) < 4.78 is 4.20. The number of hydrogen-bond donors (Lipinski definition) is 0. The molecule has 24 heavy (non-hydrogen) atoms. The summed E-state index contributed by atoms with van der Waals surface area (Å²) >= 11 is 1.29. The first-order valence-corrected chi connectivity index (χ1v) is 8.92. The highest BCUT2D eigenvalue weighted by Gasteiger charge is 2.20. The molecule has 0 radical (unpaired) electrons. The zero-order valence-electron chi connectivity index (χ0n) is 14.7. The van der Waals surface area contributed by atoms with E-state index in [9.17, 15) is 14.4 Å². The third-order valence-corrected chi connectivity index (χ3v) is 5.03. The maximum absolute atomic E-state index is 12.4. The van der Waals surface area contributed by atoms with Crippen LogP contribution in [-0.4, -0.2) is 48.3 Å². The van der Waals surface area contributed by atoms with E-state index < -0.39 is 5.69 Å². The summed E-state index contributed by atoms with van der Waals surface area (Å²) in [5, 5.41) is 0.575. The Bertz CT molecular complexity index is 876. The topological polar surface area (TPSA) is 82.1 Å². The number of thioether (sulfide) groups is 1. The Morgan fingerprint density at radius 2 is 1.75 bits per heavy atom. The number of carbonyl (C=O) groups is 1. The SMILES string of the molecule is CCN(CC)C(=O)CSc1nc2c(c(=O)n(C)c(=O)n2C)n1CC. The first kappa shape index (κ1) is 18.3. The average Bonchev–Trinajstić information content (AvgIpc) is 2.96.